The van der Waals surface area contributed by atoms with Gasteiger partial charge < -0.3 is 14.2 Å². The van der Waals surface area contributed by atoms with Crippen LogP contribution in [0.25, 0.3) is 0 Å². The zero-order valence-corrected chi connectivity index (χ0v) is 45.1. The van der Waals surface area contributed by atoms with Gasteiger partial charge in [-0.1, -0.05) is 255 Å². The second kappa shape index (κ2) is 56.7. The zero-order chi connectivity index (χ0) is 49.3. The molecule has 0 rings (SSSR count). The number of unbranched alkanes of at least 4 members (excludes halogenated alkanes) is 32. The third-order valence-electron chi connectivity index (χ3n) is 12.8. The molecule has 0 amide bonds. The van der Waals surface area contributed by atoms with Crippen molar-refractivity contribution in [2.45, 2.75) is 303 Å². The summed E-state index contributed by atoms with van der Waals surface area (Å²) in [5.41, 5.74) is 0. The lowest BCUT2D eigenvalue weighted by Crippen LogP contribution is -2.30. The van der Waals surface area contributed by atoms with Crippen LogP contribution in [0.1, 0.15) is 297 Å². The lowest BCUT2D eigenvalue weighted by molar-refractivity contribution is -0.167. The second-order valence-electron chi connectivity index (χ2n) is 19.5. The second-order valence-corrected chi connectivity index (χ2v) is 19.5. The van der Waals surface area contributed by atoms with Crippen molar-refractivity contribution < 1.29 is 28.6 Å². The summed E-state index contributed by atoms with van der Waals surface area (Å²) >= 11 is 0. The number of esters is 3. The number of hydrogen-bond acceptors (Lipinski definition) is 6. The fraction of sp³-hybridized carbons (Fsp3) is 0.790. The minimum Gasteiger partial charge on any atom is -0.462 e. The average molecular weight is 952 g/mol. The van der Waals surface area contributed by atoms with Gasteiger partial charge in [0, 0.05) is 19.3 Å². The van der Waals surface area contributed by atoms with Gasteiger partial charge in [-0.3, -0.25) is 14.4 Å². The number of ether oxygens (including phenoxy) is 3. The van der Waals surface area contributed by atoms with Gasteiger partial charge in [-0.2, -0.15) is 0 Å². The maximum absolute atomic E-state index is 12.9. The van der Waals surface area contributed by atoms with Crippen LogP contribution in [-0.4, -0.2) is 37.2 Å². The van der Waals surface area contributed by atoms with Gasteiger partial charge in [-0.05, 0) is 83.5 Å². The van der Waals surface area contributed by atoms with Crippen LogP contribution in [0.5, 0.6) is 0 Å². The van der Waals surface area contributed by atoms with Crippen molar-refractivity contribution in [2.75, 3.05) is 13.2 Å². The molecule has 394 valence electrons. The van der Waals surface area contributed by atoms with E-state index < -0.39 is 6.10 Å². The number of carbonyl (C=O) groups is 3. The van der Waals surface area contributed by atoms with Crippen LogP contribution in [0.2, 0.25) is 0 Å². The highest BCUT2D eigenvalue weighted by atomic mass is 16.6. The highest BCUT2D eigenvalue weighted by Gasteiger charge is 2.19. The van der Waals surface area contributed by atoms with E-state index in [0.717, 1.165) is 89.9 Å². The van der Waals surface area contributed by atoms with Gasteiger partial charge in [0.25, 0.3) is 0 Å². The Morgan fingerprint density at radius 3 is 0.926 bits per heavy atom. The van der Waals surface area contributed by atoms with Crippen LogP contribution in [-0.2, 0) is 28.6 Å². The van der Waals surface area contributed by atoms with E-state index in [2.05, 4.69) is 81.5 Å². The third kappa shape index (κ3) is 54.1. The van der Waals surface area contributed by atoms with Crippen molar-refractivity contribution in [3.8, 4) is 0 Å². The molecule has 0 N–H and O–H groups in total. The lowest BCUT2D eigenvalue weighted by Gasteiger charge is -2.18. The Morgan fingerprint density at radius 2 is 0.574 bits per heavy atom. The molecular formula is C62H110O6. The normalized spacial score (nSPS) is 12.5. The topological polar surface area (TPSA) is 78.9 Å². The molecule has 0 aliphatic carbocycles. The smallest absolute Gasteiger partial charge is 0.306 e. The van der Waals surface area contributed by atoms with E-state index in [0.29, 0.717) is 19.3 Å². The van der Waals surface area contributed by atoms with Gasteiger partial charge in [0.05, 0.1) is 0 Å². The van der Waals surface area contributed by atoms with Gasteiger partial charge in [-0.25, -0.2) is 0 Å². The number of carbonyl (C=O) groups excluding carboxylic acids is 3. The van der Waals surface area contributed by atoms with E-state index in [4.69, 9.17) is 14.2 Å². The molecule has 0 bridgehead atoms. The number of rotatable bonds is 53. The SMILES string of the molecule is CC/C=C\C/C=C\C/C=C\CCCCCCCCCC(=O)OC(COC(=O)CCCCCCCCCCC/C=C\C/C=C\CCCCC)COC(=O)CCCCCCCCCCCCCCCC. The quantitative estimate of drug-likeness (QED) is 0.0262. The molecule has 1 atom stereocenters. The summed E-state index contributed by atoms with van der Waals surface area (Å²) in [5.74, 6) is -0.878. The minimum absolute atomic E-state index is 0.0768. The first kappa shape index (κ1) is 65.1. The summed E-state index contributed by atoms with van der Waals surface area (Å²) in [7, 11) is 0. The summed E-state index contributed by atoms with van der Waals surface area (Å²) in [4.78, 5) is 38.2. The van der Waals surface area contributed by atoms with E-state index >= 15 is 0 Å². The largest absolute Gasteiger partial charge is 0.462 e. The molecule has 0 spiro atoms. The van der Waals surface area contributed by atoms with E-state index in [-0.39, 0.29) is 31.1 Å². The molecule has 0 saturated carbocycles. The van der Waals surface area contributed by atoms with E-state index in [1.807, 2.05) is 0 Å². The van der Waals surface area contributed by atoms with Gasteiger partial charge in [-0.15, -0.1) is 0 Å². The molecule has 68 heavy (non-hydrogen) atoms. The maximum Gasteiger partial charge on any atom is 0.306 e. The van der Waals surface area contributed by atoms with Crippen molar-refractivity contribution in [3.63, 3.8) is 0 Å². The van der Waals surface area contributed by atoms with Crippen molar-refractivity contribution in [1.29, 1.82) is 0 Å². The molecule has 6 nitrogen and oxygen atoms in total. The van der Waals surface area contributed by atoms with E-state index in [1.54, 1.807) is 0 Å². The number of allylic oxidation sites excluding steroid dienone is 10. The van der Waals surface area contributed by atoms with Crippen LogP contribution < -0.4 is 0 Å². The van der Waals surface area contributed by atoms with Crippen molar-refractivity contribution in [1.82, 2.24) is 0 Å². The van der Waals surface area contributed by atoms with Gasteiger partial charge >= 0.3 is 17.9 Å². The van der Waals surface area contributed by atoms with Crippen LogP contribution in [0.4, 0.5) is 0 Å². The van der Waals surface area contributed by atoms with Crippen molar-refractivity contribution >= 4 is 17.9 Å². The number of hydrogen-bond donors (Lipinski definition) is 0. The molecule has 0 heterocycles. The molecule has 0 aromatic heterocycles. The summed E-state index contributed by atoms with van der Waals surface area (Å²) in [6.45, 7) is 6.53. The van der Waals surface area contributed by atoms with Crippen molar-refractivity contribution in [3.05, 3.63) is 60.8 Å². The van der Waals surface area contributed by atoms with Crippen LogP contribution >= 0.6 is 0 Å². The summed E-state index contributed by atoms with van der Waals surface area (Å²) in [5, 5.41) is 0. The average Bonchev–Trinajstić information content (AvgIpc) is 3.34. The Balaban J connectivity index is 4.37. The fourth-order valence-electron chi connectivity index (χ4n) is 8.37. The highest BCUT2D eigenvalue weighted by molar-refractivity contribution is 5.71. The van der Waals surface area contributed by atoms with Gasteiger partial charge in [0.1, 0.15) is 13.2 Å². The third-order valence-corrected chi connectivity index (χ3v) is 12.8. The van der Waals surface area contributed by atoms with E-state index in [9.17, 15) is 14.4 Å². The highest BCUT2D eigenvalue weighted by Crippen LogP contribution is 2.16. The summed E-state index contributed by atoms with van der Waals surface area (Å²) < 4.78 is 16.9. The lowest BCUT2D eigenvalue weighted by atomic mass is 10.0. The molecule has 0 aromatic rings. The Bertz CT molecular complexity index is 1230. The standard InChI is InChI=1S/C62H110O6/c1-4-7-10-13-16-19-22-25-28-30-31-33-34-37-40-43-46-49-52-55-61(64)67-58-59(57-66-60(63)54-51-48-45-42-39-36-27-24-21-18-15-12-9-6-3)68-62(65)56-53-50-47-44-41-38-35-32-29-26-23-20-17-14-11-8-5-2/h8,11,16-17,19-20,25-26,28-29,59H,4-7,9-10,12-15,18,21-24,27,30-58H2,1-3H3/b11-8-,19-16-,20-17-,28-25-,29-26-. The summed E-state index contributed by atoms with van der Waals surface area (Å²) in [6.07, 6.45) is 70.6. The van der Waals surface area contributed by atoms with Gasteiger partial charge in [0.2, 0.25) is 0 Å². The first-order chi connectivity index (χ1) is 33.5. The van der Waals surface area contributed by atoms with Crippen LogP contribution in [0.3, 0.4) is 0 Å². The Kier molecular flexibility index (Phi) is 54.3. The molecule has 1 unspecified atom stereocenters. The molecule has 0 fully saturated rings. The molecule has 0 aliphatic rings. The predicted octanol–water partition coefficient (Wildman–Crippen LogP) is 19.6. The Morgan fingerprint density at radius 1 is 0.309 bits per heavy atom. The van der Waals surface area contributed by atoms with E-state index in [1.165, 1.54) is 167 Å². The van der Waals surface area contributed by atoms with Crippen molar-refractivity contribution in [2.24, 2.45) is 0 Å². The molecule has 6 heteroatoms. The van der Waals surface area contributed by atoms with Gasteiger partial charge in [0.15, 0.2) is 6.10 Å². The predicted molar refractivity (Wildman–Crippen MR) is 293 cm³/mol. The monoisotopic (exact) mass is 951 g/mol. The molecule has 0 saturated heterocycles. The van der Waals surface area contributed by atoms with Crippen LogP contribution in [0.15, 0.2) is 60.8 Å². The Hall–Kier alpha value is -2.89. The molecular weight excluding hydrogens is 841 g/mol. The zero-order valence-electron chi connectivity index (χ0n) is 45.1. The first-order valence-electron chi connectivity index (χ1n) is 29.3. The fourth-order valence-corrected chi connectivity index (χ4v) is 8.37. The first-order valence-corrected chi connectivity index (χ1v) is 29.3. The summed E-state index contributed by atoms with van der Waals surface area (Å²) in [6, 6.07) is 0. The minimum atomic E-state index is -0.780. The maximum atomic E-state index is 12.9. The molecule has 0 radical (unpaired) electrons. The Labute approximate surface area is 421 Å². The van der Waals surface area contributed by atoms with Crippen LogP contribution in [0, 0.1) is 0 Å². The molecule has 0 aliphatic heterocycles. The molecule has 0 aromatic carbocycles.